The minimum Gasteiger partial charge on any atom is -0.319 e. The van der Waals surface area contributed by atoms with Crippen molar-refractivity contribution in [1.82, 2.24) is 10.2 Å². The normalized spacial score (nSPS) is 19.8. The van der Waals surface area contributed by atoms with E-state index in [2.05, 4.69) is 26.1 Å². The molecule has 0 bridgehead atoms. The maximum Gasteiger partial charge on any atom is 0.137 e. The van der Waals surface area contributed by atoms with Crippen molar-refractivity contribution in [2.75, 3.05) is 26.7 Å². The molecule has 0 amide bonds. The van der Waals surface area contributed by atoms with Gasteiger partial charge < -0.3 is 5.32 Å². The molecule has 2 nitrogen and oxygen atoms in total. The Balaban J connectivity index is 0.00000162. The van der Waals surface area contributed by atoms with Crippen molar-refractivity contribution in [3.8, 4) is 0 Å². The highest BCUT2D eigenvalue weighted by Gasteiger charge is 2.21. The molecule has 18 heavy (non-hydrogen) atoms. The zero-order valence-electron chi connectivity index (χ0n) is 10.5. The van der Waals surface area contributed by atoms with Gasteiger partial charge in [-0.3, -0.25) is 4.90 Å². The topological polar surface area (TPSA) is 15.3 Å². The van der Waals surface area contributed by atoms with Gasteiger partial charge in [-0.2, -0.15) is 0 Å². The average molecular weight is 338 g/mol. The zero-order chi connectivity index (χ0) is 12.3. The molecule has 1 aliphatic rings. The summed E-state index contributed by atoms with van der Waals surface area (Å²) in [5.41, 5.74) is 1.05. The summed E-state index contributed by atoms with van der Waals surface area (Å²) in [5.74, 6) is 0.564. The lowest BCUT2D eigenvalue weighted by Gasteiger charge is -2.16. The van der Waals surface area contributed by atoms with Crippen LogP contribution in [0.2, 0.25) is 0 Å². The van der Waals surface area contributed by atoms with E-state index in [0.717, 1.165) is 37.7 Å². The van der Waals surface area contributed by atoms with Crippen molar-refractivity contribution in [3.05, 3.63) is 34.1 Å². The predicted molar refractivity (Wildman–Crippen MR) is 78.7 cm³/mol. The molecule has 1 aromatic carbocycles. The van der Waals surface area contributed by atoms with Crippen LogP contribution >= 0.6 is 28.3 Å². The van der Waals surface area contributed by atoms with E-state index in [1.165, 1.54) is 6.42 Å². The SMILES string of the molecule is CNCC1CCN(Cc2ccc(Br)c(F)c2)C1.Cl. The number of nitrogens with zero attached hydrogens (tertiary/aromatic N) is 1. The molecule has 1 heterocycles. The molecule has 1 aliphatic heterocycles. The van der Waals surface area contributed by atoms with E-state index in [1.54, 1.807) is 12.1 Å². The number of hydrogen-bond donors (Lipinski definition) is 1. The standard InChI is InChI=1S/C13H18BrFN2.ClH/c1-16-7-11-4-5-17(9-11)8-10-2-3-12(14)13(15)6-10;/h2-3,6,11,16H,4-5,7-9H2,1H3;1H. The molecule has 2 rings (SSSR count). The van der Waals surface area contributed by atoms with Crippen LogP contribution in [0, 0.1) is 11.7 Å². The van der Waals surface area contributed by atoms with Gasteiger partial charge in [0.25, 0.3) is 0 Å². The van der Waals surface area contributed by atoms with Gasteiger partial charge in [0.05, 0.1) is 4.47 Å². The first-order valence-electron chi connectivity index (χ1n) is 6.00. The van der Waals surface area contributed by atoms with Crippen molar-refractivity contribution in [2.24, 2.45) is 5.92 Å². The van der Waals surface area contributed by atoms with Crippen LogP contribution in [-0.2, 0) is 6.54 Å². The monoisotopic (exact) mass is 336 g/mol. The quantitative estimate of drug-likeness (QED) is 0.908. The molecule has 0 aromatic heterocycles. The predicted octanol–water partition coefficient (Wildman–Crippen LogP) is 3.05. The number of rotatable bonds is 4. The van der Waals surface area contributed by atoms with E-state index in [1.807, 2.05) is 13.1 Å². The summed E-state index contributed by atoms with van der Waals surface area (Å²) < 4.78 is 13.9. The van der Waals surface area contributed by atoms with E-state index in [9.17, 15) is 4.39 Å². The van der Waals surface area contributed by atoms with Crippen LogP contribution in [0.4, 0.5) is 4.39 Å². The summed E-state index contributed by atoms with van der Waals surface area (Å²) in [5, 5.41) is 3.22. The third-order valence-electron chi connectivity index (χ3n) is 3.25. The Morgan fingerprint density at radius 3 is 2.94 bits per heavy atom. The maximum absolute atomic E-state index is 13.4. The zero-order valence-corrected chi connectivity index (χ0v) is 12.9. The lowest BCUT2D eigenvalue weighted by atomic mass is 10.1. The van der Waals surface area contributed by atoms with Crippen molar-refractivity contribution in [1.29, 1.82) is 0 Å². The van der Waals surface area contributed by atoms with Crippen LogP contribution in [0.1, 0.15) is 12.0 Å². The molecular weight excluding hydrogens is 319 g/mol. The Bertz CT molecular complexity index is 389. The van der Waals surface area contributed by atoms with Crippen LogP contribution in [0.5, 0.6) is 0 Å². The van der Waals surface area contributed by atoms with E-state index < -0.39 is 0 Å². The van der Waals surface area contributed by atoms with Crippen LogP contribution in [0.25, 0.3) is 0 Å². The Hall–Kier alpha value is -0.160. The maximum atomic E-state index is 13.4. The van der Waals surface area contributed by atoms with Crippen molar-refractivity contribution >= 4 is 28.3 Å². The molecule has 1 unspecified atom stereocenters. The van der Waals surface area contributed by atoms with E-state index >= 15 is 0 Å². The first kappa shape index (κ1) is 15.9. The van der Waals surface area contributed by atoms with E-state index in [0.29, 0.717) is 4.47 Å². The summed E-state index contributed by atoms with van der Waals surface area (Å²) in [6.07, 6.45) is 1.24. The van der Waals surface area contributed by atoms with E-state index in [-0.39, 0.29) is 18.2 Å². The van der Waals surface area contributed by atoms with Gasteiger partial charge in [-0.1, -0.05) is 6.07 Å². The third-order valence-corrected chi connectivity index (χ3v) is 3.90. The Labute approximate surface area is 122 Å². The van der Waals surface area contributed by atoms with Gasteiger partial charge in [0.15, 0.2) is 0 Å². The van der Waals surface area contributed by atoms with Crippen molar-refractivity contribution in [2.45, 2.75) is 13.0 Å². The Morgan fingerprint density at radius 1 is 1.50 bits per heavy atom. The van der Waals surface area contributed by atoms with Crippen molar-refractivity contribution < 1.29 is 4.39 Å². The van der Waals surface area contributed by atoms with Crippen molar-refractivity contribution in [3.63, 3.8) is 0 Å². The molecule has 1 atom stereocenters. The summed E-state index contributed by atoms with van der Waals surface area (Å²) in [6.45, 7) is 4.15. The largest absolute Gasteiger partial charge is 0.319 e. The van der Waals surface area contributed by atoms with Crippen LogP contribution in [-0.4, -0.2) is 31.6 Å². The molecule has 1 N–H and O–H groups in total. The molecule has 0 saturated carbocycles. The van der Waals surface area contributed by atoms with Gasteiger partial charge in [0.1, 0.15) is 5.82 Å². The summed E-state index contributed by atoms with van der Waals surface area (Å²) in [7, 11) is 1.99. The van der Waals surface area contributed by atoms with Crippen LogP contribution < -0.4 is 5.32 Å². The highest BCUT2D eigenvalue weighted by Crippen LogP contribution is 2.21. The van der Waals surface area contributed by atoms with Gasteiger partial charge in [-0.25, -0.2) is 4.39 Å². The average Bonchev–Trinajstić information content (AvgIpc) is 2.72. The summed E-state index contributed by atoms with van der Waals surface area (Å²) in [4.78, 5) is 2.39. The highest BCUT2D eigenvalue weighted by atomic mass is 79.9. The van der Waals surface area contributed by atoms with Crippen LogP contribution in [0.3, 0.4) is 0 Å². The summed E-state index contributed by atoms with van der Waals surface area (Å²) in [6, 6.07) is 5.39. The van der Waals surface area contributed by atoms with Gasteiger partial charge in [0.2, 0.25) is 0 Å². The third kappa shape index (κ3) is 4.19. The second kappa shape index (κ2) is 7.43. The number of hydrogen-bond acceptors (Lipinski definition) is 2. The minimum atomic E-state index is -0.173. The lowest BCUT2D eigenvalue weighted by molar-refractivity contribution is 0.315. The van der Waals surface area contributed by atoms with Gasteiger partial charge in [-0.05, 0) is 66.1 Å². The summed E-state index contributed by atoms with van der Waals surface area (Å²) >= 11 is 3.18. The van der Waals surface area contributed by atoms with Gasteiger partial charge >= 0.3 is 0 Å². The number of nitrogens with one attached hydrogen (secondary N) is 1. The fourth-order valence-corrected chi connectivity index (χ4v) is 2.65. The first-order valence-corrected chi connectivity index (χ1v) is 6.79. The number of halogens is 3. The van der Waals surface area contributed by atoms with Gasteiger partial charge in [0, 0.05) is 13.1 Å². The fourth-order valence-electron chi connectivity index (χ4n) is 2.41. The molecule has 0 aliphatic carbocycles. The van der Waals surface area contributed by atoms with Crippen LogP contribution in [0.15, 0.2) is 22.7 Å². The Morgan fingerprint density at radius 2 is 2.28 bits per heavy atom. The minimum absolute atomic E-state index is 0. The highest BCUT2D eigenvalue weighted by molar-refractivity contribution is 9.10. The second-order valence-corrected chi connectivity index (χ2v) is 5.55. The molecule has 0 spiro atoms. The molecular formula is C13H19BrClFN2. The molecule has 0 radical (unpaired) electrons. The lowest BCUT2D eigenvalue weighted by Crippen LogP contribution is -2.24. The molecule has 102 valence electrons. The smallest absolute Gasteiger partial charge is 0.137 e. The molecule has 5 heteroatoms. The molecule has 1 saturated heterocycles. The van der Waals surface area contributed by atoms with E-state index in [4.69, 9.17) is 0 Å². The molecule has 1 fully saturated rings. The first-order chi connectivity index (χ1) is 8.19. The number of likely N-dealkylation sites (tertiary alicyclic amines) is 1. The van der Waals surface area contributed by atoms with Gasteiger partial charge in [-0.15, -0.1) is 12.4 Å². The second-order valence-electron chi connectivity index (χ2n) is 4.70. The molecule has 1 aromatic rings. The Kier molecular flexibility index (Phi) is 6.57. The number of benzene rings is 1. The fraction of sp³-hybridized carbons (Fsp3) is 0.538.